The Morgan fingerprint density at radius 3 is 2.66 bits per heavy atom. The van der Waals surface area contributed by atoms with Gasteiger partial charge in [-0.15, -0.1) is 0 Å². The molecule has 6 heteroatoms. The van der Waals surface area contributed by atoms with E-state index in [1.807, 2.05) is 6.92 Å². The third kappa shape index (κ3) is 2.86. The molecule has 29 heavy (non-hydrogen) atoms. The Hall–Kier alpha value is -1.53. The summed E-state index contributed by atoms with van der Waals surface area (Å²) in [6.45, 7) is 5.07. The minimum absolute atomic E-state index is 0.123. The maximum Gasteiger partial charge on any atom is 0.302 e. The third-order valence-electron chi connectivity index (χ3n) is 8.87. The van der Waals surface area contributed by atoms with Crippen molar-refractivity contribution in [3.05, 3.63) is 11.6 Å². The van der Waals surface area contributed by atoms with Crippen LogP contribution in [0.1, 0.15) is 65.7 Å². The molecule has 2 N–H and O–H groups in total. The molecule has 4 rings (SSSR count). The summed E-state index contributed by atoms with van der Waals surface area (Å²) in [7, 11) is 0. The van der Waals surface area contributed by atoms with Crippen LogP contribution in [0.5, 0.6) is 0 Å². The number of carbonyl (C=O) groups is 3. The largest absolute Gasteiger partial charge is 0.463 e. The fraction of sp³-hybridized carbons (Fsp3) is 0.783. The van der Waals surface area contributed by atoms with Crippen LogP contribution in [0.4, 0.5) is 0 Å². The average molecular weight is 405 g/mol. The molecule has 0 aromatic carbocycles. The van der Waals surface area contributed by atoms with Crippen molar-refractivity contribution in [1.82, 2.24) is 0 Å². The quantitative estimate of drug-likeness (QED) is 0.701. The number of hydrogen-bond acceptors (Lipinski definition) is 6. The Kier molecular flexibility index (Phi) is 4.82. The lowest BCUT2D eigenvalue weighted by molar-refractivity contribution is -0.192. The van der Waals surface area contributed by atoms with E-state index < -0.39 is 23.1 Å². The molecule has 160 valence electrons. The van der Waals surface area contributed by atoms with Crippen LogP contribution in [-0.2, 0) is 19.1 Å². The number of esters is 1. The summed E-state index contributed by atoms with van der Waals surface area (Å²) in [5, 5.41) is 22.2. The summed E-state index contributed by atoms with van der Waals surface area (Å²) in [5.74, 6) is -0.0612. The average Bonchev–Trinajstić information content (AvgIpc) is 2.91. The van der Waals surface area contributed by atoms with Crippen molar-refractivity contribution in [3.8, 4) is 0 Å². The number of Topliss-reactive ketones (excluding diaryl/α,β-unsaturated/α-hetero) is 1. The smallest absolute Gasteiger partial charge is 0.302 e. The molecule has 0 unspecified atom stereocenters. The molecule has 7 atom stereocenters. The van der Waals surface area contributed by atoms with Gasteiger partial charge in [0.2, 0.25) is 0 Å². The predicted molar refractivity (Wildman–Crippen MR) is 105 cm³/mol. The zero-order valence-corrected chi connectivity index (χ0v) is 17.6. The topological polar surface area (TPSA) is 101 Å². The van der Waals surface area contributed by atoms with E-state index in [9.17, 15) is 24.6 Å². The van der Waals surface area contributed by atoms with Gasteiger partial charge in [-0.25, -0.2) is 0 Å². The molecule has 0 radical (unpaired) electrons. The Morgan fingerprint density at radius 2 is 1.97 bits per heavy atom. The fourth-order valence-electron chi connectivity index (χ4n) is 7.30. The van der Waals surface area contributed by atoms with E-state index in [4.69, 9.17) is 4.74 Å². The van der Waals surface area contributed by atoms with Gasteiger partial charge < -0.3 is 14.9 Å². The monoisotopic (exact) mass is 404 g/mol. The molecule has 0 amide bonds. The first kappa shape index (κ1) is 20.7. The van der Waals surface area contributed by atoms with Gasteiger partial charge in [0.25, 0.3) is 0 Å². The molecule has 4 aliphatic rings. The van der Waals surface area contributed by atoms with Crippen LogP contribution in [0.2, 0.25) is 0 Å². The number of aliphatic hydroxyl groups is 2. The number of allylic oxidation sites excluding steroid dienone is 1. The zero-order chi connectivity index (χ0) is 21.2. The highest BCUT2D eigenvalue weighted by Crippen LogP contribution is 2.67. The van der Waals surface area contributed by atoms with Crippen LogP contribution in [0.25, 0.3) is 0 Å². The van der Waals surface area contributed by atoms with Crippen LogP contribution >= 0.6 is 0 Å². The molecule has 3 saturated carbocycles. The van der Waals surface area contributed by atoms with E-state index in [0.717, 1.165) is 24.8 Å². The van der Waals surface area contributed by atoms with Gasteiger partial charge in [-0.3, -0.25) is 14.4 Å². The second-order valence-corrected chi connectivity index (χ2v) is 10.2. The van der Waals surface area contributed by atoms with Crippen molar-refractivity contribution in [2.75, 3.05) is 6.61 Å². The highest BCUT2D eigenvalue weighted by Gasteiger charge is 2.68. The van der Waals surface area contributed by atoms with Gasteiger partial charge in [0.05, 0.1) is 5.60 Å². The van der Waals surface area contributed by atoms with Crippen molar-refractivity contribution in [2.45, 2.75) is 77.4 Å². The molecule has 0 bridgehead atoms. The Labute approximate surface area is 171 Å². The van der Waals surface area contributed by atoms with Crippen molar-refractivity contribution < 1.29 is 29.3 Å². The summed E-state index contributed by atoms with van der Waals surface area (Å²) in [6.07, 6.45) is 4.76. The van der Waals surface area contributed by atoms with E-state index >= 15 is 0 Å². The minimum atomic E-state index is -1.45. The molecule has 0 saturated heterocycles. The number of carbonyl (C=O) groups excluding carboxylic acids is 3. The zero-order valence-electron chi connectivity index (χ0n) is 17.6. The minimum Gasteiger partial charge on any atom is -0.463 e. The predicted octanol–water partition coefficient (Wildman–Crippen LogP) is 2.35. The molecule has 0 aromatic heterocycles. The first-order valence-corrected chi connectivity index (χ1v) is 10.8. The molecular formula is C23H32O6. The number of rotatable bonds is 3. The standard InChI is InChI=1S/C23H32O6/c1-13(24)29-12-19(27)23(28)9-7-17-16-5-4-14-10-15(25)6-8-21(14,2)20(16)18(26)11-22(17,23)3/h10,16-17,19-20,27-28H,4-9,11-12H2,1-3H3/t16-,17-,19+,20+,21+,22+,23-/m1/s1. The first-order chi connectivity index (χ1) is 13.5. The lowest BCUT2D eigenvalue weighted by Crippen LogP contribution is -2.62. The van der Waals surface area contributed by atoms with Gasteiger partial charge >= 0.3 is 5.97 Å². The van der Waals surface area contributed by atoms with Crippen molar-refractivity contribution >= 4 is 17.5 Å². The fourth-order valence-corrected chi connectivity index (χ4v) is 7.30. The van der Waals surface area contributed by atoms with Gasteiger partial charge in [-0.05, 0) is 55.4 Å². The van der Waals surface area contributed by atoms with Gasteiger partial charge in [0.15, 0.2) is 5.78 Å². The van der Waals surface area contributed by atoms with Crippen LogP contribution in [-0.4, -0.2) is 46.1 Å². The summed E-state index contributed by atoms with van der Waals surface area (Å²) in [6, 6.07) is 0. The SMILES string of the molecule is CC(=O)OC[C@H](O)[C@]1(O)CC[C@@H]2[C@H]3CCC4=CC(=O)CC[C@]4(C)[C@@H]3C(=O)C[C@@]21C. The van der Waals surface area contributed by atoms with Crippen LogP contribution < -0.4 is 0 Å². The second kappa shape index (κ2) is 6.74. The van der Waals surface area contributed by atoms with Crippen molar-refractivity contribution in [2.24, 2.45) is 28.6 Å². The van der Waals surface area contributed by atoms with E-state index in [-0.39, 0.29) is 47.8 Å². The van der Waals surface area contributed by atoms with Crippen molar-refractivity contribution in [1.29, 1.82) is 0 Å². The molecule has 0 aromatic rings. The maximum absolute atomic E-state index is 13.5. The van der Waals surface area contributed by atoms with Crippen LogP contribution in [0, 0.1) is 28.6 Å². The molecule has 3 fully saturated rings. The first-order valence-electron chi connectivity index (χ1n) is 10.8. The Morgan fingerprint density at radius 1 is 1.24 bits per heavy atom. The number of hydrogen-bond donors (Lipinski definition) is 2. The van der Waals surface area contributed by atoms with Gasteiger partial charge in [0.1, 0.15) is 18.5 Å². The molecule has 4 aliphatic carbocycles. The second-order valence-electron chi connectivity index (χ2n) is 10.2. The maximum atomic E-state index is 13.5. The number of aliphatic hydroxyl groups excluding tert-OH is 1. The lowest BCUT2D eigenvalue weighted by Gasteiger charge is -2.58. The van der Waals surface area contributed by atoms with Crippen LogP contribution in [0.15, 0.2) is 11.6 Å². The lowest BCUT2D eigenvalue weighted by atomic mass is 9.45. The molecule has 0 spiro atoms. The number of fused-ring (bicyclic) bond motifs is 5. The van der Waals surface area contributed by atoms with E-state index in [1.54, 1.807) is 6.08 Å². The number of ether oxygens (including phenoxy) is 1. The van der Waals surface area contributed by atoms with E-state index in [2.05, 4.69) is 6.92 Å². The van der Waals surface area contributed by atoms with E-state index in [1.165, 1.54) is 6.92 Å². The Balaban J connectivity index is 1.66. The highest BCUT2D eigenvalue weighted by molar-refractivity contribution is 5.93. The molecular weight excluding hydrogens is 372 g/mol. The Bertz CT molecular complexity index is 786. The molecule has 0 aliphatic heterocycles. The summed E-state index contributed by atoms with van der Waals surface area (Å²) in [4.78, 5) is 36.6. The molecule has 0 heterocycles. The normalized spacial score (nSPS) is 45.0. The third-order valence-corrected chi connectivity index (χ3v) is 8.87. The summed E-state index contributed by atoms with van der Waals surface area (Å²) in [5.41, 5.74) is -1.35. The number of ketones is 2. The summed E-state index contributed by atoms with van der Waals surface area (Å²) < 4.78 is 4.96. The van der Waals surface area contributed by atoms with Gasteiger partial charge in [-0.2, -0.15) is 0 Å². The molecule has 6 nitrogen and oxygen atoms in total. The summed E-state index contributed by atoms with van der Waals surface area (Å²) >= 11 is 0. The van der Waals surface area contributed by atoms with Crippen LogP contribution in [0.3, 0.4) is 0 Å². The van der Waals surface area contributed by atoms with E-state index in [0.29, 0.717) is 19.3 Å². The van der Waals surface area contributed by atoms with Gasteiger partial charge in [0, 0.05) is 31.1 Å². The van der Waals surface area contributed by atoms with Crippen molar-refractivity contribution in [3.63, 3.8) is 0 Å². The van der Waals surface area contributed by atoms with Gasteiger partial charge in [-0.1, -0.05) is 19.4 Å². The highest BCUT2D eigenvalue weighted by atomic mass is 16.5.